The molecule has 1 aromatic rings. The molecule has 0 aliphatic carbocycles. The summed E-state index contributed by atoms with van der Waals surface area (Å²) >= 11 is 0. The largest absolute Gasteiger partial charge is 0.491 e. The third kappa shape index (κ3) is 6.81. The Morgan fingerprint density at radius 3 is 1.83 bits per heavy atom. The summed E-state index contributed by atoms with van der Waals surface area (Å²) in [5.74, 6) is -9.29. The fraction of sp³-hybridized carbons (Fsp3) is 0.400. The number of para-hydroxylation sites is 1. The van der Waals surface area contributed by atoms with Crippen LogP contribution < -0.4 is 4.74 Å². The molecule has 0 radical (unpaired) electrons. The number of alkyl halides is 9. The SMILES string of the molecule is CN(CC(OC(=O)C(F)(F)F)c1ccccc1OC(=O)C(F)(F)F)C(=O)C(F)(F)F. The van der Waals surface area contributed by atoms with E-state index in [1.807, 2.05) is 0 Å². The minimum atomic E-state index is -5.62. The van der Waals surface area contributed by atoms with Crippen LogP contribution in [-0.2, 0) is 19.1 Å². The quantitative estimate of drug-likeness (QED) is 0.387. The fourth-order valence-corrected chi connectivity index (χ4v) is 1.94. The number of ether oxygens (including phenoxy) is 2. The number of carbonyl (C=O) groups is 3. The van der Waals surface area contributed by atoms with Gasteiger partial charge in [-0.05, 0) is 6.07 Å². The number of carbonyl (C=O) groups excluding carboxylic acids is 3. The second kappa shape index (κ2) is 8.79. The molecule has 0 heterocycles. The number of hydrogen-bond donors (Lipinski definition) is 0. The predicted octanol–water partition coefficient (Wildman–Crippen LogP) is 3.32. The number of nitrogens with zero attached hydrogens (tertiary/aromatic N) is 1. The number of esters is 2. The summed E-state index contributed by atoms with van der Waals surface area (Å²) in [6, 6.07) is 3.38. The summed E-state index contributed by atoms with van der Waals surface area (Å²) in [7, 11) is 0.495. The Kier molecular flexibility index (Phi) is 7.33. The molecule has 0 saturated carbocycles. The maximum Gasteiger partial charge on any atom is 0.491 e. The third-order valence-electron chi connectivity index (χ3n) is 3.21. The van der Waals surface area contributed by atoms with Gasteiger partial charge in [0.1, 0.15) is 11.9 Å². The highest BCUT2D eigenvalue weighted by Crippen LogP contribution is 2.33. The molecular weight excluding hydrogens is 445 g/mol. The molecule has 0 aliphatic heterocycles. The smallest absolute Gasteiger partial charge is 0.449 e. The molecule has 30 heavy (non-hydrogen) atoms. The summed E-state index contributed by atoms with van der Waals surface area (Å²) < 4.78 is 120. The lowest BCUT2D eigenvalue weighted by molar-refractivity contribution is -0.207. The first-order chi connectivity index (χ1) is 13.4. The molecule has 168 valence electrons. The maximum absolute atomic E-state index is 12.5. The first kappa shape index (κ1) is 25.0. The summed E-state index contributed by atoms with van der Waals surface area (Å²) in [4.78, 5) is 33.2. The van der Waals surface area contributed by atoms with Gasteiger partial charge in [0, 0.05) is 12.6 Å². The van der Waals surface area contributed by atoms with E-state index < -0.39 is 60.3 Å². The van der Waals surface area contributed by atoms with Crippen molar-refractivity contribution in [3.8, 4) is 5.75 Å². The lowest BCUT2D eigenvalue weighted by Gasteiger charge is -2.26. The van der Waals surface area contributed by atoms with Crippen molar-refractivity contribution in [3.05, 3.63) is 29.8 Å². The molecule has 1 amide bonds. The van der Waals surface area contributed by atoms with Crippen LogP contribution in [0.1, 0.15) is 11.7 Å². The van der Waals surface area contributed by atoms with Crippen LogP contribution in [0.3, 0.4) is 0 Å². The molecular formula is C15H10F9NO5. The molecule has 0 fully saturated rings. The van der Waals surface area contributed by atoms with Crippen molar-refractivity contribution in [1.82, 2.24) is 4.90 Å². The van der Waals surface area contributed by atoms with Gasteiger partial charge in [0.25, 0.3) is 0 Å². The van der Waals surface area contributed by atoms with E-state index in [1.54, 1.807) is 0 Å². The number of halogens is 9. The monoisotopic (exact) mass is 455 g/mol. The van der Waals surface area contributed by atoms with Crippen molar-refractivity contribution in [2.24, 2.45) is 0 Å². The van der Waals surface area contributed by atoms with Crippen LogP contribution in [0.25, 0.3) is 0 Å². The Morgan fingerprint density at radius 2 is 1.37 bits per heavy atom. The normalized spacial score (nSPS) is 13.4. The van der Waals surface area contributed by atoms with Gasteiger partial charge >= 0.3 is 36.4 Å². The van der Waals surface area contributed by atoms with Crippen molar-refractivity contribution in [2.45, 2.75) is 24.6 Å². The van der Waals surface area contributed by atoms with Gasteiger partial charge in [0.05, 0.1) is 6.54 Å². The number of rotatable bonds is 5. The molecule has 0 aliphatic rings. The molecule has 0 spiro atoms. The van der Waals surface area contributed by atoms with Crippen LogP contribution in [-0.4, -0.2) is 54.9 Å². The van der Waals surface area contributed by atoms with Crippen LogP contribution in [0.2, 0.25) is 0 Å². The molecule has 1 aromatic carbocycles. The van der Waals surface area contributed by atoms with E-state index in [1.165, 1.54) is 0 Å². The van der Waals surface area contributed by atoms with Crippen LogP contribution in [0.4, 0.5) is 39.5 Å². The highest BCUT2D eigenvalue weighted by Gasteiger charge is 2.46. The average Bonchev–Trinajstić information content (AvgIpc) is 2.58. The van der Waals surface area contributed by atoms with E-state index in [-0.39, 0.29) is 4.90 Å². The standard InChI is InChI=1S/C15H10F9NO5/c1-25(10(26)13(16,17)18)6-9(30-12(28)15(22,23)24)7-4-2-3-5-8(7)29-11(27)14(19,20)21/h2-5,9H,6H2,1H3. The molecule has 1 rings (SSSR count). The highest BCUT2D eigenvalue weighted by molar-refractivity contribution is 5.82. The maximum atomic E-state index is 12.5. The molecule has 15 heteroatoms. The fourth-order valence-electron chi connectivity index (χ4n) is 1.94. The van der Waals surface area contributed by atoms with Crippen LogP contribution >= 0.6 is 0 Å². The van der Waals surface area contributed by atoms with Gasteiger partial charge in [-0.2, -0.15) is 39.5 Å². The van der Waals surface area contributed by atoms with Crippen molar-refractivity contribution in [1.29, 1.82) is 0 Å². The Hall–Kier alpha value is -3.00. The van der Waals surface area contributed by atoms with Gasteiger partial charge in [-0.3, -0.25) is 4.79 Å². The minimum Gasteiger partial charge on any atom is -0.449 e. The average molecular weight is 455 g/mol. The van der Waals surface area contributed by atoms with Gasteiger partial charge in [-0.25, -0.2) is 9.59 Å². The molecule has 6 nitrogen and oxygen atoms in total. The lowest BCUT2D eigenvalue weighted by atomic mass is 10.1. The Labute approximate surface area is 161 Å². The van der Waals surface area contributed by atoms with E-state index in [9.17, 15) is 53.9 Å². The topological polar surface area (TPSA) is 72.9 Å². The second-order valence-corrected chi connectivity index (χ2v) is 5.50. The predicted molar refractivity (Wildman–Crippen MR) is 76.7 cm³/mol. The van der Waals surface area contributed by atoms with Crippen molar-refractivity contribution < 1.29 is 63.4 Å². The lowest BCUT2D eigenvalue weighted by Crippen LogP contribution is -2.42. The van der Waals surface area contributed by atoms with E-state index in [2.05, 4.69) is 9.47 Å². The minimum absolute atomic E-state index is 0.170. The van der Waals surface area contributed by atoms with Crippen molar-refractivity contribution in [2.75, 3.05) is 13.6 Å². The number of hydrogen-bond acceptors (Lipinski definition) is 5. The van der Waals surface area contributed by atoms with E-state index in [0.29, 0.717) is 13.1 Å². The van der Waals surface area contributed by atoms with Gasteiger partial charge < -0.3 is 14.4 Å². The number of amides is 1. The molecule has 0 bridgehead atoms. The van der Waals surface area contributed by atoms with Crippen molar-refractivity contribution in [3.63, 3.8) is 0 Å². The van der Waals surface area contributed by atoms with Crippen molar-refractivity contribution >= 4 is 17.8 Å². The second-order valence-electron chi connectivity index (χ2n) is 5.50. The highest BCUT2D eigenvalue weighted by atomic mass is 19.4. The third-order valence-corrected chi connectivity index (χ3v) is 3.21. The first-order valence-corrected chi connectivity index (χ1v) is 7.42. The van der Waals surface area contributed by atoms with Crippen LogP contribution in [0.5, 0.6) is 5.75 Å². The molecule has 0 N–H and O–H groups in total. The van der Waals surface area contributed by atoms with Crippen LogP contribution in [0.15, 0.2) is 24.3 Å². The van der Waals surface area contributed by atoms with Gasteiger partial charge in [0.15, 0.2) is 0 Å². The summed E-state index contributed by atoms with van der Waals surface area (Å²) in [6.45, 7) is -1.36. The molecule has 1 atom stereocenters. The summed E-state index contributed by atoms with van der Waals surface area (Å²) in [6.07, 6.45) is -19.0. The van der Waals surface area contributed by atoms with Gasteiger partial charge in [-0.1, -0.05) is 18.2 Å². The Bertz CT molecular complexity index is 801. The van der Waals surface area contributed by atoms with E-state index in [0.717, 1.165) is 18.2 Å². The van der Waals surface area contributed by atoms with Crippen LogP contribution in [0, 0.1) is 0 Å². The zero-order valence-electron chi connectivity index (χ0n) is 14.5. The van der Waals surface area contributed by atoms with E-state index >= 15 is 0 Å². The van der Waals surface area contributed by atoms with Gasteiger partial charge in [0.2, 0.25) is 0 Å². The number of benzene rings is 1. The summed E-state index contributed by atoms with van der Waals surface area (Å²) in [5, 5.41) is 0. The van der Waals surface area contributed by atoms with Gasteiger partial charge in [-0.15, -0.1) is 0 Å². The first-order valence-electron chi connectivity index (χ1n) is 7.42. The Morgan fingerprint density at radius 1 is 0.867 bits per heavy atom. The zero-order valence-corrected chi connectivity index (χ0v) is 14.5. The molecule has 0 saturated heterocycles. The number of likely N-dealkylation sites (N-methyl/N-ethyl adjacent to an activating group) is 1. The summed E-state index contributed by atoms with van der Waals surface area (Å²) in [5.41, 5.74) is -0.825. The van der Waals surface area contributed by atoms with E-state index in [4.69, 9.17) is 0 Å². The molecule has 1 unspecified atom stereocenters. The Balaban J connectivity index is 3.33. The zero-order chi connectivity index (χ0) is 23.5. The molecule has 0 aromatic heterocycles.